The zero-order valence-corrected chi connectivity index (χ0v) is 19.7. The van der Waals surface area contributed by atoms with Gasteiger partial charge in [0.15, 0.2) is 0 Å². The van der Waals surface area contributed by atoms with E-state index < -0.39 is 5.82 Å². The third-order valence-electron chi connectivity index (χ3n) is 6.41. The highest BCUT2D eigenvalue weighted by Gasteiger charge is 2.34. The van der Waals surface area contributed by atoms with E-state index in [1.54, 1.807) is 12.1 Å². The second kappa shape index (κ2) is 10.2. The number of piperazine rings is 1. The summed E-state index contributed by atoms with van der Waals surface area (Å²) in [6.45, 7) is 7.47. The monoisotopic (exact) mass is 473 g/mol. The Labute approximate surface area is 198 Å². The summed E-state index contributed by atoms with van der Waals surface area (Å²) in [6, 6.07) is 9.27. The lowest BCUT2D eigenvalue weighted by Crippen LogP contribution is -2.55. The Balaban J connectivity index is 1.43. The molecule has 2 heterocycles. The Bertz CT molecular complexity index is 1040. The highest BCUT2D eigenvalue weighted by atomic mass is 35.5. The number of hydrogen-bond donors (Lipinski definition) is 1. The van der Waals surface area contributed by atoms with E-state index in [9.17, 15) is 14.0 Å². The summed E-state index contributed by atoms with van der Waals surface area (Å²) in [6.07, 6.45) is 1.45. The van der Waals surface area contributed by atoms with Crippen molar-refractivity contribution in [3.8, 4) is 0 Å². The van der Waals surface area contributed by atoms with Crippen molar-refractivity contribution in [2.24, 2.45) is 0 Å². The molecule has 1 N–H and O–H groups in total. The average molecular weight is 474 g/mol. The van der Waals surface area contributed by atoms with Crippen LogP contribution in [-0.2, 0) is 16.1 Å². The second-order valence-corrected chi connectivity index (χ2v) is 9.26. The molecule has 0 spiro atoms. The van der Waals surface area contributed by atoms with Crippen LogP contribution in [-0.4, -0.2) is 60.0 Å². The van der Waals surface area contributed by atoms with Gasteiger partial charge in [0.05, 0.1) is 0 Å². The van der Waals surface area contributed by atoms with Crippen molar-refractivity contribution in [2.45, 2.75) is 45.4 Å². The highest BCUT2D eigenvalue weighted by molar-refractivity contribution is 6.31. The number of nitrogens with one attached hydrogen (secondary N) is 1. The first-order valence-electron chi connectivity index (χ1n) is 11.3. The second-order valence-electron chi connectivity index (χ2n) is 8.82. The van der Waals surface area contributed by atoms with Gasteiger partial charge in [-0.1, -0.05) is 17.7 Å². The number of ether oxygens (including phenoxy) is 1. The van der Waals surface area contributed by atoms with Crippen LogP contribution in [0.1, 0.15) is 41.3 Å². The number of benzene rings is 2. The van der Waals surface area contributed by atoms with Gasteiger partial charge in [-0.2, -0.15) is 0 Å². The van der Waals surface area contributed by atoms with Crippen LogP contribution < -0.4 is 5.32 Å². The molecule has 2 aliphatic heterocycles. The smallest absolute Gasteiger partial charge is 0.255 e. The number of rotatable bonds is 5. The fraction of sp³-hybridized carbons (Fsp3) is 0.440. The third-order valence-corrected chi connectivity index (χ3v) is 6.63. The first-order valence-corrected chi connectivity index (χ1v) is 11.7. The number of hydrogen-bond acceptors (Lipinski definition) is 4. The number of halogens is 2. The molecule has 0 aliphatic carbocycles. The number of carbonyl (C=O) groups is 2. The van der Waals surface area contributed by atoms with Gasteiger partial charge in [-0.05, 0) is 68.1 Å². The van der Waals surface area contributed by atoms with Crippen LogP contribution in [0.2, 0.25) is 5.02 Å². The lowest BCUT2D eigenvalue weighted by atomic mass is 10.0. The quantitative estimate of drug-likeness (QED) is 0.705. The van der Waals surface area contributed by atoms with Gasteiger partial charge in [-0.3, -0.25) is 14.5 Å². The van der Waals surface area contributed by atoms with Crippen LogP contribution in [0.5, 0.6) is 0 Å². The number of carbonyl (C=O) groups excluding carboxylic acids is 2. The van der Waals surface area contributed by atoms with E-state index in [0.717, 1.165) is 37.1 Å². The average Bonchev–Trinajstić information content (AvgIpc) is 3.31. The zero-order valence-electron chi connectivity index (χ0n) is 18.9. The Kier molecular flexibility index (Phi) is 7.32. The van der Waals surface area contributed by atoms with Crippen LogP contribution in [0.3, 0.4) is 0 Å². The molecule has 0 aromatic heterocycles. The summed E-state index contributed by atoms with van der Waals surface area (Å²) in [4.78, 5) is 29.6. The van der Waals surface area contributed by atoms with Crippen LogP contribution in [0.4, 0.5) is 10.1 Å². The summed E-state index contributed by atoms with van der Waals surface area (Å²) in [7, 11) is 0. The van der Waals surface area contributed by atoms with Crippen LogP contribution >= 0.6 is 11.6 Å². The van der Waals surface area contributed by atoms with Crippen molar-refractivity contribution in [1.29, 1.82) is 0 Å². The molecule has 2 aromatic rings. The van der Waals surface area contributed by atoms with Gasteiger partial charge >= 0.3 is 0 Å². The van der Waals surface area contributed by atoms with Gasteiger partial charge in [0.2, 0.25) is 0 Å². The van der Waals surface area contributed by atoms with Gasteiger partial charge in [0, 0.05) is 55.1 Å². The Morgan fingerprint density at radius 3 is 2.76 bits per heavy atom. The molecule has 8 heteroatoms. The van der Waals surface area contributed by atoms with Gasteiger partial charge < -0.3 is 15.0 Å². The van der Waals surface area contributed by atoms with Crippen molar-refractivity contribution in [3.05, 3.63) is 63.9 Å². The number of nitrogens with zero attached hydrogens (tertiary/aromatic N) is 2. The summed E-state index contributed by atoms with van der Waals surface area (Å²) < 4.78 is 19.1. The van der Waals surface area contributed by atoms with E-state index in [4.69, 9.17) is 16.3 Å². The molecule has 176 valence electrons. The fourth-order valence-corrected chi connectivity index (χ4v) is 4.80. The summed E-state index contributed by atoms with van der Waals surface area (Å²) >= 11 is 6.36. The number of anilines is 1. The van der Waals surface area contributed by atoms with Gasteiger partial charge in [-0.15, -0.1) is 0 Å². The number of amides is 2. The zero-order chi connectivity index (χ0) is 23.5. The van der Waals surface area contributed by atoms with E-state index in [1.165, 1.54) is 18.2 Å². The molecular weight excluding hydrogens is 445 g/mol. The molecule has 0 saturated carbocycles. The Morgan fingerprint density at radius 1 is 1.24 bits per heavy atom. The van der Waals surface area contributed by atoms with E-state index in [-0.39, 0.29) is 29.5 Å². The van der Waals surface area contributed by atoms with Crippen molar-refractivity contribution < 1.29 is 18.7 Å². The van der Waals surface area contributed by atoms with Crippen LogP contribution in [0.15, 0.2) is 36.4 Å². The molecule has 33 heavy (non-hydrogen) atoms. The van der Waals surface area contributed by atoms with Crippen LogP contribution in [0, 0.1) is 12.7 Å². The summed E-state index contributed by atoms with van der Waals surface area (Å²) in [5.41, 5.74) is 2.77. The van der Waals surface area contributed by atoms with Gasteiger partial charge in [-0.25, -0.2) is 4.39 Å². The SMILES string of the molecule is Cc1c(CN2CCN(C(=O)[C@@H]3CCCO3)[C@@H](C)C2)cc(Cl)cc1NC(=O)c1cccc(F)c1. The van der Waals surface area contributed by atoms with E-state index in [0.29, 0.717) is 30.4 Å². The molecule has 4 rings (SSSR count). The molecule has 2 amide bonds. The maximum Gasteiger partial charge on any atom is 0.255 e. The van der Waals surface area contributed by atoms with Crippen molar-refractivity contribution in [3.63, 3.8) is 0 Å². The molecule has 2 atom stereocenters. The predicted octanol–water partition coefficient (Wildman–Crippen LogP) is 4.25. The van der Waals surface area contributed by atoms with E-state index in [1.807, 2.05) is 17.9 Å². The largest absolute Gasteiger partial charge is 0.368 e. The van der Waals surface area contributed by atoms with E-state index in [2.05, 4.69) is 17.1 Å². The first-order chi connectivity index (χ1) is 15.8. The third kappa shape index (κ3) is 5.54. The van der Waals surface area contributed by atoms with Crippen molar-refractivity contribution >= 4 is 29.1 Å². The molecule has 0 radical (unpaired) electrons. The Hall–Kier alpha value is -2.48. The van der Waals surface area contributed by atoms with Gasteiger partial charge in [0.25, 0.3) is 11.8 Å². The predicted molar refractivity (Wildman–Crippen MR) is 126 cm³/mol. The fourth-order valence-electron chi connectivity index (χ4n) is 4.56. The van der Waals surface area contributed by atoms with E-state index >= 15 is 0 Å². The molecule has 2 fully saturated rings. The molecule has 0 bridgehead atoms. The van der Waals surface area contributed by atoms with Crippen molar-refractivity contribution in [1.82, 2.24) is 9.80 Å². The first kappa shape index (κ1) is 23.7. The topological polar surface area (TPSA) is 61.9 Å². The Morgan fingerprint density at radius 2 is 2.06 bits per heavy atom. The summed E-state index contributed by atoms with van der Waals surface area (Å²) in [5, 5.41) is 3.38. The van der Waals surface area contributed by atoms with Gasteiger partial charge in [0.1, 0.15) is 11.9 Å². The molecule has 0 unspecified atom stereocenters. The lowest BCUT2D eigenvalue weighted by molar-refractivity contribution is -0.145. The molecule has 6 nitrogen and oxygen atoms in total. The highest BCUT2D eigenvalue weighted by Crippen LogP contribution is 2.28. The molecular formula is C25H29ClFN3O3. The lowest BCUT2D eigenvalue weighted by Gasteiger charge is -2.41. The minimum absolute atomic E-state index is 0.0853. The van der Waals surface area contributed by atoms with Crippen LogP contribution in [0.25, 0.3) is 0 Å². The standard InChI is InChI=1S/C25H29ClFN3O3/c1-16-14-29(8-9-30(16)25(32)23-7-4-10-33-23)15-19-11-20(26)13-22(17(19)2)28-24(31)18-5-3-6-21(27)12-18/h3,5-6,11-13,16,23H,4,7-10,14-15H2,1-2H3,(H,28,31)/t16-,23-/m0/s1. The molecule has 2 saturated heterocycles. The molecule has 2 aromatic carbocycles. The maximum atomic E-state index is 13.5. The molecule has 2 aliphatic rings. The minimum atomic E-state index is -0.461. The normalized spacial score (nSPS) is 21.3. The summed E-state index contributed by atoms with van der Waals surface area (Å²) in [5.74, 6) is -0.751. The maximum absolute atomic E-state index is 13.5. The minimum Gasteiger partial charge on any atom is -0.368 e. The van der Waals surface area contributed by atoms with Crippen molar-refractivity contribution in [2.75, 3.05) is 31.6 Å².